The molecule has 0 bridgehead atoms. The average Bonchev–Trinajstić information content (AvgIpc) is 2.34. The van der Waals surface area contributed by atoms with Gasteiger partial charge in [-0.15, -0.1) is 0 Å². The maximum absolute atomic E-state index is 9.75. The second-order valence-corrected chi connectivity index (χ2v) is 6.22. The zero-order valence-corrected chi connectivity index (χ0v) is 12.8. The number of hydrogen-bond donors (Lipinski definition) is 2. The van der Waals surface area contributed by atoms with E-state index in [1.165, 1.54) is 25.7 Å². The predicted octanol–water partition coefficient (Wildman–Crippen LogP) is 1.47. The summed E-state index contributed by atoms with van der Waals surface area (Å²) in [6.07, 6.45) is 5.90. The van der Waals surface area contributed by atoms with Crippen LogP contribution >= 0.6 is 0 Å². The van der Waals surface area contributed by atoms with Crippen molar-refractivity contribution in [3.8, 4) is 0 Å². The van der Waals surface area contributed by atoms with Gasteiger partial charge >= 0.3 is 0 Å². The summed E-state index contributed by atoms with van der Waals surface area (Å²) in [5.74, 6) is 1.43. The number of methoxy groups -OCH3 is 1. The van der Waals surface area contributed by atoms with Crippen molar-refractivity contribution in [2.45, 2.75) is 51.2 Å². The SMILES string of the molecule is CCCC1CCC(N)C(CN(C)CC(O)COC)C1. The first kappa shape index (κ1) is 16.9. The minimum atomic E-state index is -0.402. The Balaban J connectivity index is 2.35. The third-order valence-electron chi connectivity index (χ3n) is 4.27. The molecule has 0 aromatic rings. The van der Waals surface area contributed by atoms with Crippen LogP contribution in [0, 0.1) is 11.8 Å². The standard InChI is InChI=1S/C15H32N2O2/c1-4-5-12-6-7-15(16)13(8-12)9-17(2)10-14(18)11-19-3/h12-15,18H,4-11,16H2,1-3H3. The van der Waals surface area contributed by atoms with Gasteiger partial charge in [0.15, 0.2) is 0 Å². The third kappa shape index (κ3) is 6.21. The number of likely N-dealkylation sites (N-methyl/N-ethyl adjacent to an activating group) is 1. The Bertz CT molecular complexity index is 238. The lowest BCUT2D eigenvalue weighted by atomic mass is 9.76. The molecule has 19 heavy (non-hydrogen) atoms. The quantitative estimate of drug-likeness (QED) is 0.702. The molecule has 1 fully saturated rings. The van der Waals surface area contributed by atoms with Crippen molar-refractivity contribution in [3.05, 3.63) is 0 Å². The summed E-state index contributed by atoms with van der Waals surface area (Å²) < 4.78 is 4.96. The Morgan fingerprint density at radius 3 is 2.79 bits per heavy atom. The molecule has 0 radical (unpaired) electrons. The van der Waals surface area contributed by atoms with Crippen LogP contribution in [-0.4, -0.2) is 56.0 Å². The molecule has 0 aliphatic heterocycles. The fourth-order valence-electron chi connectivity index (χ4n) is 3.34. The monoisotopic (exact) mass is 272 g/mol. The summed E-state index contributed by atoms with van der Waals surface area (Å²) in [4.78, 5) is 2.20. The van der Waals surface area contributed by atoms with Gasteiger partial charge in [0.1, 0.15) is 0 Å². The highest BCUT2D eigenvalue weighted by Gasteiger charge is 2.28. The van der Waals surface area contributed by atoms with Crippen LogP contribution in [0.25, 0.3) is 0 Å². The molecule has 1 saturated carbocycles. The molecule has 0 spiro atoms. The van der Waals surface area contributed by atoms with Gasteiger partial charge in [0.2, 0.25) is 0 Å². The molecule has 114 valence electrons. The van der Waals surface area contributed by atoms with Crippen LogP contribution in [0.5, 0.6) is 0 Å². The van der Waals surface area contributed by atoms with Gasteiger partial charge in [0.25, 0.3) is 0 Å². The first-order valence-corrected chi connectivity index (χ1v) is 7.67. The van der Waals surface area contributed by atoms with Gasteiger partial charge in [-0.05, 0) is 38.1 Å². The Kier molecular flexibility index (Phi) is 7.91. The highest BCUT2D eigenvalue weighted by atomic mass is 16.5. The van der Waals surface area contributed by atoms with Gasteiger partial charge in [0.05, 0.1) is 12.7 Å². The molecule has 0 saturated heterocycles. The summed E-state index contributed by atoms with van der Waals surface area (Å²) >= 11 is 0. The summed E-state index contributed by atoms with van der Waals surface area (Å²) in [5, 5.41) is 9.75. The molecule has 1 aliphatic carbocycles. The van der Waals surface area contributed by atoms with Gasteiger partial charge in [0, 0.05) is 26.2 Å². The number of hydrogen-bond acceptors (Lipinski definition) is 4. The minimum Gasteiger partial charge on any atom is -0.389 e. The van der Waals surface area contributed by atoms with E-state index in [1.54, 1.807) is 7.11 Å². The van der Waals surface area contributed by atoms with E-state index in [1.807, 2.05) is 0 Å². The van der Waals surface area contributed by atoms with E-state index in [-0.39, 0.29) is 0 Å². The van der Waals surface area contributed by atoms with Gasteiger partial charge in [-0.3, -0.25) is 0 Å². The van der Waals surface area contributed by atoms with Gasteiger partial charge in [-0.2, -0.15) is 0 Å². The highest BCUT2D eigenvalue weighted by Crippen LogP contribution is 2.31. The van der Waals surface area contributed by atoms with E-state index < -0.39 is 6.10 Å². The van der Waals surface area contributed by atoms with Crippen molar-refractivity contribution in [3.63, 3.8) is 0 Å². The van der Waals surface area contributed by atoms with Crippen LogP contribution in [0.3, 0.4) is 0 Å². The number of aliphatic hydroxyl groups is 1. The molecule has 1 rings (SSSR count). The Hall–Kier alpha value is -0.160. The van der Waals surface area contributed by atoms with Crippen molar-refractivity contribution >= 4 is 0 Å². The fourth-order valence-corrected chi connectivity index (χ4v) is 3.34. The van der Waals surface area contributed by atoms with Crippen molar-refractivity contribution in [1.82, 2.24) is 4.90 Å². The van der Waals surface area contributed by atoms with Crippen molar-refractivity contribution in [2.75, 3.05) is 33.9 Å². The second-order valence-electron chi connectivity index (χ2n) is 6.22. The zero-order valence-electron chi connectivity index (χ0n) is 12.8. The Morgan fingerprint density at radius 2 is 2.16 bits per heavy atom. The second kappa shape index (κ2) is 8.90. The normalized spacial score (nSPS) is 29.7. The van der Waals surface area contributed by atoms with Crippen molar-refractivity contribution in [1.29, 1.82) is 0 Å². The lowest BCUT2D eigenvalue weighted by molar-refractivity contribution is 0.0367. The number of aliphatic hydroxyl groups excluding tert-OH is 1. The summed E-state index contributed by atoms with van der Waals surface area (Å²) in [5.41, 5.74) is 6.26. The molecule has 0 aromatic heterocycles. The predicted molar refractivity (Wildman–Crippen MR) is 79.1 cm³/mol. The molecular formula is C15H32N2O2. The topological polar surface area (TPSA) is 58.7 Å². The van der Waals surface area contributed by atoms with Gasteiger partial charge in [-0.25, -0.2) is 0 Å². The van der Waals surface area contributed by atoms with Crippen LogP contribution < -0.4 is 5.73 Å². The molecule has 0 heterocycles. The molecule has 4 nitrogen and oxygen atoms in total. The molecule has 4 atom stereocenters. The molecule has 0 amide bonds. The van der Waals surface area contributed by atoms with E-state index in [2.05, 4.69) is 18.9 Å². The molecule has 4 unspecified atom stereocenters. The van der Waals surface area contributed by atoms with Crippen molar-refractivity contribution in [2.24, 2.45) is 17.6 Å². The van der Waals surface area contributed by atoms with E-state index >= 15 is 0 Å². The number of ether oxygens (including phenoxy) is 1. The lowest BCUT2D eigenvalue weighted by Gasteiger charge is -2.36. The average molecular weight is 272 g/mol. The zero-order chi connectivity index (χ0) is 14.3. The highest BCUT2D eigenvalue weighted by molar-refractivity contribution is 4.84. The molecule has 1 aliphatic rings. The molecule has 0 aromatic carbocycles. The summed E-state index contributed by atoms with van der Waals surface area (Å²) in [6.45, 7) is 4.31. The molecular weight excluding hydrogens is 240 g/mol. The fraction of sp³-hybridized carbons (Fsp3) is 1.00. The van der Waals surface area contributed by atoms with Crippen LogP contribution in [0.2, 0.25) is 0 Å². The number of rotatable bonds is 8. The van der Waals surface area contributed by atoms with Crippen molar-refractivity contribution < 1.29 is 9.84 Å². The molecule has 3 N–H and O–H groups in total. The summed E-state index contributed by atoms with van der Waals surface area (Å²) in [6, 6.07) is 0.329. The third-order valence-corrected chi connectivity index (χ3v) is 4.27. The molecule has 4 heteroatoms. The van der Waals surface area contributed by atoms with E-state index in [0.29, 0.717) is 25.1 Å². The minimum absolute atomic E-state index is 0.329. The first-order valence-electron chi connectivity index (χ1n) is 7.67. The first-order chi connectivity index (χ1) is 9.06. The Morgan fingerprint density at radius 1 is 1.42 bits per heavy atom. The van der Waals surface area contributed by atoms with E-state index in [0.717, 1.165) is 18.9 Å². The van der Waals surface area contributed by atoms with Gasteiger partial charge in [-0.1, -0.05) is 19.8 Å². The largest absolute Gasteiger partial charge is 0.389 e. The number of nitrogens with zero attached hydrogens (tertiary/aromatic N) is 1. The lowest BCUT2D eigenvalue weighted by Crippen LogP contribution is -2.44. The van der Waals surface area contributed by atoms with Crippen LogP contribution in [0.1, 0.15) is 39.0 Å². The Labute approximate surface area is 118 Å². The van der Waals surface area contributed by atoms with Crippen LogP contribution in [0.4, 0.5) is 0 Å². The van der Waals surface area contributed by atoms with E-state index in [9.17, 15) is 5.11 Å². The van der Waals surface area contributed by atoms with Gasteiger partial charge < -0.3 is 20.5 Å². The smallest absolute Gasteiger partial charge is 0.0899 e. The van der Waals surface area contributed by atoms with Crippen LogP contribution in [0.15, 0.2) is 0 Å². The maximum Gasteiger partial charge on any atom is 0.0899 e. The summed E-state index contributed by atoms with van der Waals surface area (Å²) in [7, 11) is 3.69. The van der Waals surface area contributed by atoms with Crippen LogP contribution in [-0.2, 0) is 4.74 Å². The number of nitrogens with two attached hydrogens (primary N) is 1. The maximum atomic E-state index is 9.75. The van der Waals surface area contributed by atoms with E-state index in [4.69, 9.17) is 10.5 Å².